The number of benzene rings is 1. The SMILES string of the molecule is O=CCCC1CCC(Oc2ccc(Br)c(C(F)(F)F)c2)CC1. The lowest BCUT2D eigenvalue weighted by Crippen LogP contribution is -2.24. The summed E-state index contributed by atoms with van der Waals surface area (Å²) in [6.07, 6.45) is 1.53. The third-order valence-electron chi connectivity index (χ3n) is 4.03. The summed E-state index contributed by atoms with van der Waals surface area (Å²) in [6, 6.07) is 3.97. The minimum atomic E-state index is -4.40. The number of aldehydes is 1. The summed E-state index contributed by atoms with van der Waals surface area (Å²) in [6.45, 7) is 0. The summed E-state index contributed by atoms with van der Waals surface area (Å²) in [5.41, 5.74) is -0.718. The molecule has 1 saturated carbocycles. The molecule has 0 saturated heterocycles. The summed E-state index contributed by atoms with van der Waals surface area (Å²) in [4.78, 5) is 10.4. The molecule has 1 aromatic rings. The van der Waals surface area contributed by atoms with Crippen LogP contribution >= 0.6 is 15.9 Å². The molecule has 0 N–H and O–H groups in total. The van der Waals surface area contributed by atoms with Crippen molar-refractivity contribution < 1.29 is 22.7 Å². The number of rotatable bonds is 5. The third kappa shape index (κ3) is 4.73. The Morgan fingerprint density at radius 3 is 2.50 bits per heavy atom. The Kier molecular flexibility index (Phi) is 5.89. The van der Waals surface area contributed by atoms with Crippen molar-refractivity contribution in [3.8, 4) is 5.75 Å². The lowest BCUT2D eigenvalue weighted by molar-refractivity contribution is -0.138. The monoisotopic (exact) mass is 378 g/mol. The van der Waals surface area contributed by atoms with Crippen LogP contribution in [0.3, 0.4) is 0 Å². The molecular formula is C16H18BrF3O2. The van der Waals surface area contributed by atoms with Crippen molar-refractivity contribution in [1.29, 1.82) is 0 Å². The van der Waals surface area contributed by atoms with E-state index >= 15 is 0 Å². The van der Waals surface area contributed by atoms with Crippen LogP contribution in [0.25, 0.3) is 0 Å². The van der Waals surface area contributed by atoms with Gasteiger partial charge in [0, 0.05) is 10.9 Å². The Morgan fingerprint density at radius 1 is 1.23 bits per heavy atom. The van der Waals surface area contributed by atoms with Crippen molar-refractivity contribution in [1.82, 2.24) is 0 Å². The van der Waals surface area contributed by atoms with Gasteiger partial charge >= 0.3 is 6.18 Å². The van der Waals surface area contributed by atoms with Crippen molar-refractivity contribution in [2.45, 2.75) is 50.8 Å². The number of carbonyl (C=O) groups is 1. The molecule has 1 aromatic carbocycles. The van der Waals surface area contributed by atoms with Gasteiger partial charge in [-0.1, -0.05) is 15.9 Å². The number of carbonyl (C=O) groups excluding carboxylic acids is 1. The molecule has 2 nitrogen and oxygen atoms in total. The maximum atomic E-state index is 12.9. The van der Waals surface area contributed by atoms with Crippen LogP contribution in [0.4, 0.5) is 13.2 Å². The summed E-state index contributed by atoms with van der Waals surface area (Å²) in [5, 5.41) is 0. The van der Waals surface area contributed by atoms with Gasteiger partial charge in [-0.3, -0.25) is 0 Å². The number of ether oxygens (including phenoxy) is 1. The van der Waals surface area contributed by atoms with Crippen molar-refractivity contribution in [3.63, 3.8) is 0 Å². The minimum absolute atomic E-state index is 0.0184. The fraction of sp³-hybridized carbons (Fsp3) is 0.562. The van der Waals surface area contributed by atoms with Gasteiger partial charge in [-0.05, 0) is 56.2 Å². The van der Waals surface area contributed by atoms with Crippen LogP contribution in [-0.2, 0) is 11.0 Å². The average molecular weight is 379 g/mol. The maximum Gasteiger partial charge on any atom is 0.417 e. The smallest absolute Gasteiger partial charge is 0.417 e. The zero-order valence-corrected chi connectivity index (χ0v) is 13.6. The van der Waals surface area contributed by atoms with Gasteiger partial charge in [0.15, 0.2) is 0 Å². The molecule has 1 fully saturated rings. The summed E-state index contributed by atoms with van der Waals surface area (Å²) >= 11 is 2.92. The minimum Gasteiger partial charge on any atom is -0.490 e. The molecule has 6 heteroatoms. The molecule has 122 valence electrons. The maximum absolute atomic E-state index is 12.9. The first kappa shape index (κ1) is 17.3. The Bertz CT molecular complexity index is 509. The highest BCUT2D eigenvalue weighted by molar-refractivity contribution is 9.10. The largest absolute Gasteiger partial charge is 0.490 e. The van der Waals surface area contributed by atoms with Crippen molar-refractivity contribution in [3.05, 3.63) is 28.2 Å². The number of alkyl halides is 3. The van der Waals surface area contributed by atoms with Crippen LogP contribution in [0.5, 0.6) is 5.75 Å². The van der Waals surface area contributed by atoms with E-state index in [2.05, 4.69) is 15.9 Å². The molecule has 0 spiro atoms. The molecule has 22 heavy (non-hydrogen) atoms. The van der Waals surface area contributed by atoms with Gasteiger partial charge in [0.1, 0.15) is 12.0 Å². The number of halogens is 4. The molecule has 0 aliphatic heterocycles. The summed E-state index contributed by atoms with van der Waals surface area (Å²) < 4.78 is 44.3. The molecule has 1 aliphatic carbocycles. The highest BCUT2D eigenvalue weighted by Gasteiger charge is 2.33. The van der Waals surface area contributed by atoms with Crippen LogP contribution < -0.4 is 4.74 Å². The first-order chi connectivity index (χ1) is 10.4. The van der Waals surface area contributed by atoms with Crippen molar-refractivity contribution >= 4 is 22.2 Å². The molecule has 0 radical (unpaired) electrons. The quantitative estimate of drug-likeness (QED) is 0.642. The predicted octanol–water partition coefficient (Wildman–Crippen LogP) is 5.38. The van der Waals surface area contributed by atoms with Crippen LogP contribution in [-0.4, -0.2) is 12.4 Å². The Hall–Kier alpha value is -1.04. The fourth-order valence-electron chi connectivity index (χ4n) is 2.83. The number of hydrogen-bond acceptors (Lipinski definition) is 2. The Morgan fingerprint density at radius 2 is 1.91 bits per heavy atom. The van der Waals surface area contributed by atoms with E-state index < -0.39 is 11.7 Å². The van der Waals surface area contributed by atoms with E-state index in [0.29, 0.717) is 12.3 Å². The molecule has 0 heterocycles. The van der Waals surface area contributed by atoms with E-state index in [1.807, 2.05) is 0 Å². The van der Waals surface area contributed by atoms with E-state index in [1.54, 1.807) is 6.07 Å². The highest BCUT2D eigenvalue weighted by Crippen LogP contribution is 2.38. The van der Waals surface area contributed by atoms with Gasteiger partial charge in [0.05, 0.1) is 11.7 Å². The van der Waals surface area contributed by atoms with Gasteiger partial charge < -0.3 is 9.53 Å². The van der Waals surface area contributed by atoms with Gasteiger partial charge in [0.25, 0.3) is 0 Å². The normalized spacial score (nSPS) is 22.4. The highest BCUT2D eigenvalue weighted by atomic mass is 79.9. The van der Waals surface area contributed by atoms with E-state index in [9.17, 15) is 18.0 Å². The Labute approximate surface area is 136 Å². The second kappa shape index (κ2) is 7.49. The standard InChI is InChI=1S/C16H18BrF3O2/c17-15-8-7-13(10-14(15)16(18,19)20)22-12-5-3-11(4-6-12)2-1-9-21/h7-12H,1-6H2. The van der Waals surface area contributed by atoms with Gasteiger partial charge in [-0.2, -0.15) is 13.2 Å². The first-order valence-electron chi connectivity index (χ1n) is 7.37. The van der Waals surface area contributed by atoms with E-state index in [-0.39, 0.29) is 16.3 Å². The topological polar surface area (TPSA) is 26.3 Å². The van der Waals surface area contributed by atoms with E-state index in [4.69, 9.17) is 4.74 Å². The van der Waals surface area contributed by atoms with Crippen LogP contribution in [0, 0.1) is 5.92 Å². The van der Waals surface area contributed by atoms with E-state index in [0.717, 1.165) is 44.5 Å². The lowest BCUT2D eigenvalue weighted by atomic mass is 9.84. The van der Waals surface area contributed by atoms with Crippen molar-refractivity contribution in [2.24, 2.45) is 5.92 Å². The third-order valence-corrected chi connectivity index (χ3v) is 4.72. The molecule has 0 amide bonds. The molecule has 0 aromatic heterocycles. The molecule has 0 unspecified atom stereocenters. The average Bonchev–Trinajstić information content (AvgIpc) is 2.47. The zero-order valence-electron chi connectivity index (χ0n) is 12.0. The van der Waals surface area contributed by atoms with Crippen LogP contribution in [0.15, 0.2) is 22.7 Å². The summed E-state index contributed by atoms with van der Waals surface area (Å²) in [5.74, 6) is 0.785. The van der Waals surface area contributed by atoms with Gasteiger partial charge in [-0.25, -0.2) is 0 Å². The second-order valence-electron chi connectivity index (χ2n) is 5.64. The second-order valence-corrected chi connectivity index (χ2v) is 6.50. The zero-order chi connectivity index (χ0) is 16.2. The van der Waals surface area contributed by atoms with Crippen LogP contribution in [0.2, 0.25) is 0 Å². The number of hydrogen-bond donors (Lipinski definition) is 0. The first-order valence-corrected chi connectivity index (χ1v) is 8.16. The predicted molar refractivity (Wildman–Crippen MR) is 80.8 cm³/mol. The van der Waals surface area contributed by atoms with Gasteiger partial charge in [-0.15, -0.1) is 0 Å². The molecular weight excluding hydrogens is 361 g/mol. The van der Waals surface area contributed by atoms with Gasteiger partial charge in [0.2, 0.25) is 0 Å². The molecule has 0 atom stereocenters. The fourth-order valence-corrected chi connectivity index (χ4v) is 3.30. The lowest BCUT2D eigenvalue weighted by Gasteiger charge is -2.29. The van der Waals surface area contributed by atoms with Crippen molar-refractivity contribution in [2.75, 3.05) is 0 Å². The molecule has 0 bridgehead atoms. The summed E-state index contributed by atoms with van der Waals surface area (Å²) in [7, 11) is 0. The van der Waals surface area contributed by atoms with Crippen LogP contribution in [0.1, 0.15) is 44.1 Å². The van der Waals surface area contributed by atoms with E-state index in [1.165, 1.54) is 6.07 Å². The molecule has 2 rings (SSSR count). The Balaban J connectivity index is 1.94. The molecule has 1 aliphatic rings.